The molecule has 1 fully saturated rings. The molecule has 3 heterocycles. The van der Waals surface area contributed by atoms with Crippen LogP contribution in [0.15, 0.2) is 72.9 Å². The van der Waals surface area contributed by atoms with E-state index in [0.717, 1.165) is 47.4 Å². The monoisotopic (exact) mass is 466 g/mol. The van der Waals surface area contributed by atoms with Crippen molar-refractivity contribution in [3.63, 3.8) is 0 Å². The van der Waals surface area contributed by atoms with E-state index in [1.165, 1.54) is 12.8 Å². The molecular formula is C28H30N6O. The molecular weight excluding hydrogens is 436 g/mol. The van der Waals surface area contributed by atoms with Gasteiger partial charge in [0.25, 0.3) is 5.91 Å². The van der Waals surface area contributed by atoms with Crippen molar-refractivity contribution in [3.8, 4) is 11.3 Å². The number of anilines is 2. The predicted octanol–water partition coefficient (Wildman–Crippen LogP) is 4.32. The highest BCUT2D eigenvalue weighted by molar-refractivity contribution is 5.94. The highest BCUT2D eigenvalue weighted by atomic mass is 16.1. The van der Waals surface area contributed by atoms with Crippen LogP contribution >= 0.6 is 0 Å². The maximum Gasteiger partial charge on any atom is 0.251 e. The lowest BCUT2D eigenvalue weighted by Crippen LogP contribution is -2.33. The Balaban J connectivity index is 1.22. The second-order valence-electron chi connectivity index (χ2n) is 8.90. The van der Waals surface area contributed by atoms with E-state index in [4.69, 9.17) is 10.7 Å². The molecule has 1 amide bonds. The molecule has 35 heavy (non-hydrogen) atoms. The third-order valence-electron chi connectivity index (χ3n) is 6.41. The summed E-state index contributed by atoms with van der Waals surface area (Å²) in [6.07, 6.45) is 4.31. The molecule has 4 aromatic rings. The Morgan fingerprint density at radius 3 is 2.66 bits per heavy atom. The van der Waals surface area contributed by atoms with Gasteiger partial charge in [0.15, 0.2) is 0 Å². The number of benzene rings is 2. The van der Waals surface area contributed by atoms with Crippen LogP contribution in [-0.4, -0.2) is 47.0 Å². The number of rotatable bonds is 8. The summed E-state index contributed by atoms with van der Waals surface area (Å²) in [7, 11) is 0. The number of fused-ring (bicyclic) bond motifs is 1. The van der Waals surface area contributed by atoms with E-state index in [2.05, 4.69) is 38.7 Å². The second-order valence-corrected chi connectivity index (χ2v) is 8.90. The Labute approximate surface area is 205 Å². The molecule has 178 valence electrons. The van der Waals surface area contributed by atoms with E-state index in [1.54, 1.807) is 6.20 Å². The fraction of sp³-hybridized carbons (Fsp3) is 0.250. The van der Waals surface area contributed by atoms with Gasteiger partial charge in [-0.05, 0) is 74.0 Å². The minimum absolute atomic E-state index is 0.0473. The van der Waals surface area contributed by atoms with Crippen LogP contribution in [0, 0.1) is 0 Å². The number of aromatic nitrogens is 2. The fourth-order valence-electron chi connectivity index (χ4n) is 4.42. The molecule has 1 aliphatic heterocycles. The van der Waals surface area contributed by atoms with Crippen molar-refractivity contribution in [3.05, 3.63) is 84.1 Å². The Morgan fingerprint density at radius 2 is 1.83 bits per heavy atom. The van der Waals surface area contributed by atoms with Gasteiger partial charge >= 0.3 is 0 Å². The Morgan fingerprint density at radius 1 is 1.00 bits per heavy atom. The quantitative estimate of drug-likeness (QED) is 0.358. The lowest BCUT2D eigenvalue weighted by Gasteiger charge is -2.14. The van der Waals surface area contributed by atoms with E-state index in [0.29, 0.717) is 30.2 Å². The summed E-state index contributed by atoms with van der Waals surface area (Å²) in [5.41, 5.74) is 11.2. The van der Waals surface area contributed by atoms with E-state index in [-0.39, 0.29) is 5.91 Å². The molecule has 0 bridgehead atoms. The van der Waals surface area contributed by atoms with Crippen molar-refractivity contribution in [2.24, 2.45) is 0 Å². The highest BCUT2D eigenvalue weighted by Crippen LogP contribution is 2.24. The number of carbonyl (C=O) groups is 1. The van der Waals surface area contributed by atoms with E-state index in [1.807, 2.05) is 48.5 Å². The molecule has 0 radical (unpaired) electrons. The van der Waals surface area contributed by atoms with Gasteiger partial charge in [-0.25, -0.2) is 4.98 Å². The summed E-state index contributed by atoms with van der Waals surface area (Å²) < 4.78 is 0. The topological polar surface area (TPSA) is 96.2 Å². The van der Waals surface area contributed by atoms with Gasteiger partial charge in [0.2, 0.25) is 0 Å². The molecule has 1 aliphatic rings. The van der Waals surface area contributed by atoms with Crippen molar-refractivity contribution in [1.82, 2.24) is 20.2 Å². The van der Waals surface area contributed by atoms with Gasteiger partial charge in [-0.15, -0.1) is 0 Å². The molecule has 1 saturated heterocycles. The second kappa shape index (κ2) is 10.5. The maximum absolute atomic E-state index is 12.5. The molecule has 0 saturated carbocycles. The average molecular weight is 467 g/mol. The number of nitrogens with one attached hydrogen (secondary N) is 2. The summed E-state index contributed by atoms with van der Waals surface area (Å²) in [4.78, 5) is 24.0. The summed E-state index contributed by atoms with van der Waals surface area (Å²) in [5.74, 6) is 0.589. The zero-order chi connectivity index (χ0) is 24.0. The van der Waals surface area contributed by atoms with Crippen molar-refractivity contribution < 1.29 is 4.79 Å². The van der Waals surface area contributed by atoms with Gasteiger partial charge in [-0.2, -0.15) is 0 Å². The first kappa shape index (κ1) is 22.8. The van der Waals surface area contributed by atoms with Crippen LogP contribution in [0.3, 0.4) is 0 Å². The lowest BCUT2D eigenvalue weighted by atomic mass is 10.1. The first-order valence-corrected chi connectivity index (χ1v) is 12.1. The fourth-order valence-corrected chi connectivity index (χ4v) is 4.42. The molecule has 0 aliphatic carbocycles. The SMILES string of the molecule is Nc1ccc(-c2ccc(C(=O)NCCN3CCCC3)cc2)nc1NCc1ccc2ncccc2c1. The largest absolute Gasteiger partial charge is 0.396 e. The summed E-state index contributed by atoms with van der Waals surface area (Å²) >= 11 is 0. The van der Waals surface area contributed by atoms with Crippen molar-refractivity contribution in [1.29, 1.82) is 0 Å². The van der Waals surface area contributed by atoms with Crippen LogP contribution in [0.25, 0.3) is 22.2 Å². The number of nitrogen functional groups attached to an aromatic ring is 1. The molecule has 7 nitrogen and oxygen atoms in total. The van der Waals surface area contributed by atoms with E-state index >= 15 is 0 Å². The molecule has 5 rings (SSSR count). The highest BCUT2D eigenvalue weighted by Gasteiger charge is 2.12. The summed E-state index contributed by atoms with van der Waals surface area (Å²) in [6.45, 7) is 4.45. The number of nitrogens with zero attached hydrogens (tertiary/aromatic N) is 3. The van der Waals surface area contributed by atoms with Gasteiger partial charge < -0.3 is 21.3 Å². The molecule has 0 spiro atoms. The molecule has 2 aromatic carbocycles. The zero-order valence-electron chi connectivity index (χ0n) is 19.7. The normalized spacial score (nSPS) is 13.7. The first-order chi connectivity index (χ1) is 17.2. The van der Waals surface area contributed by atoms with Gasteiger partial charge in [-0.3, -0.25) is 9.78 Å². The first-order valence-electron chi connectivity index (χ1n) is 12.1. The lowest BCUT2D eigenvalue weighted by molar-refractivity contribution is 0.0950. The van der Waals surface area contributed by atoms with Crippen LogP contribution < -0.4 is 16.4 Å². The Bertz CT molecular complexity index is 1310. The third-order valence-corrected chi connectivity index (χ3v) is 6.41. The van der Waals surface area contributed by atoms with E-state index < -0.39 is 0 Å². The van der Waals surface area contributed by atoms with Crippen LogP contribution in [-0.2, 0) is 6.54 Å². The number of nitrogens with two attached hydrogens (primary N) is 1. The molecule has 0 atom stereocenters. The third kappa shape index (κ3) is 5.58. The Hall–Kier alpha value is -3.97. The summed E-state index contributed by atoms with van der Waals surface area (Å²) in [5, 5.41) is 7.47. The van der Waals surface area contributed by atoms with Crippen LogP contribution in [0.2, 0.25) is 0 Å². The van der Waals surface area contributed by atoms with Crippen molar-refractivity contribution >= 4 is 28.3 Å². The number of carbonyl (C=O) groups excluding carboxylic acids is 1. The van der Waals surface area contributed by atoms with Crippen LogP contribution in [0.4, 0.5) is 11.5 Å². The van der Waals surface area contributed by atoms with Crippen LogP contribution in [0.1, 0.15) is 28.8 Å². The van der Waals surface area contributed by atoms with Crippen molar-refractivity contribution in [2.75, 3.05) is 37.2 Å². The van der Waals surface area contributed by atoms with Gasteiger partial charge in [0.1, 0.15) is 5.82 Å². The minimum Gasteiger partial charge on any atom is -0.396 e. The number of amides is 1. The molecule has 4 N–H and O–H groups in total. The van der Waals surface area contributed by atoms with Crippen LogP contribution in [0.5, 0.6) is 0 Å². The summed E-state index contributed by atoms with van der Waals surface area (Å²) in [6, 6.07) is 21.5. The maximum atomic E-state index is 12.5. The van der Waals surface area contributed by atoms with E-state index in [9.17, 15) is 4.79 Å². The number of hydrogen-bond donors (Lipinski definition) is 3. The minimum atomic E-state index is -0.0473. The molecule has 7 heteroatoms. The zero-order valence-corrected chi connectivity index (χ0v) is 19.7. The standard InChI is InChI=1S/C28H30N6O/c29-24-10-12-26(33-27(24)32-19-20-5-11-25-23(18-20)4-3-13-30-25)21-6-8-22(9-7-21)28(35)31-14-17-34-15-1-2-16-34/h3-13,18H,1-2,14-17,19,29H2,(H,31,35)(H,32,33). The predicted molar refractivity (Wildman–Crippen MR) is 141 cm³/mol. The Kier molecular flexibility index (Phi) is 6.86. The number of likely N-dealkylation sites (tertiary alicyclic amines) is 1. The average Bonchev–Trinajstić information content (AvgIpc) is 3.42. The van der Waals surface area contributed by atoms with Gasteiger partial charge in [0.05, 0.1) is 16.9 Å². The van der Waals surface area contributed by atoms with Crippen molar-refractivity contribution in [2.45, 2.75) is 19.4 Å². The number of hydrogen-bond acceptors (Lipinski definition) is 6. The number of pyridine rings is 2. The molecule has 2 aromatic heterocycles. The van der Waals surface area contributed by atoms with Gasteiger partial charge in [-0.1, -0.05) is 24.3 Å². The van der Waals surface area contributed by atoms with Gasteiger partial charge in [0, 0.05) is 42.3 Å². The smallest absolute Gasteiger partial charge is 0.251 e. The molecule has 0 unspecified atom stereocenters.